The van der Waals surface area contributed by atoms with Crippen LogP contribution in [0.4, 0.5) is 5.69 Å². The van der Waals surface area contributed by atoms with E-state index in [0.29, 0.717) is 18.5 Å². The molecule has 32 heavy (non-hydrogen) atoms. The number of nitrogens with zero attached hydrogens (tertiary/aromatic N) is 1. The third-order valence-electron chi connectivity index (χ3n) is 5.31. The molecule has 1 aliphatic heterocycles. The number of carbonyl (C=O) groups is 4. The van der Waals surface area contributed by atoms with Crippen LogP contribution in [0.2, 0.25) is 0 Å². The van der Waals surface area contributed by atoms with E-state index in [1.807, 2.05) is 44.2 Å². The summed E-state index contributed by atoms with van der Waals surface area (Å²) in [4.78, 5) is 51.6. The maximum atomic E-state index is 13.1. The third-order valence-corrected chi connectivity index (χ3v) is 5.31. The minimum absolute atomic E-state index is 0.0721. The number of carboxylic acids is 1. The van der Waals surface area contributed by atoms with Crippen molar-refractivity contribution >= 4 is 29.4 Å². The van der Waals surface area contributed by atoms with Crippen LogP contribution in [-0.4, -0.2) is 40.9 Å². The Bertz CT molecular complexity index is 1040. The van der Waals surface area contributed by atoms with Gasteiger partial charge in [0, 0.05) is 5.69 Å². The van der Waals surface area contributed by atoms with Crippen molar-refractivity contribution in [2.45, 2.75) is 45.8 Å². The Morgan fingerprint density at radius 1 is 1.00 bits per heavy atom. The molecule has 2 aromatic carbocycles. The maximum Gasteiger partial charge on any atom is 0.325 e. The number of amides is 3. The van der Waals surface area contributed by atoms with Crippen molar-refractivity contribution in [2.24, 2.45) is 5.92 Å². The van der Waals surface area contributed by atoms with Crippen LogP contribution in [0.1, 0.15) is 53.5 Å². The first kappa shape index (κ1) is 23.0. The Balaban J connectivity index is 1.84. The summed E-state index contributed by atoms with van der Waals surface area (Å²) >= 11 is 0. The fourth-order valence-corrected chi connectivity index (χ4v) is 3.68. The number of para-hydroxylation sites is 1. The average Bonchev–Trinajstić information content (AvgIpc) is 3.10. The van der Waals surface area contributed by atoms with Gasteiger partial charge in [0.2, 0.25) is 5.91 Å². The molecule has 0 bridgehead atoms. The van der Waals surface area contributed by atoms with Crippen molar-refractivity contribution in [1.29, 1.82) is 0 Å². The molecule has 0 spiro atoms. The number of hydrogen-bond donors (Lipinski definition) is 3. The molecule has 0 saturated heterocycles. The van der Waals surface area contributed by atoms with Gasteiger partial charge in [0.25, 0.3) is 11.8 Å². The Hall–Kier alpha value is -3.68. The second-order valence-electron chi connectivity index (χ2n) is 8.29. The summed E-state index contributed by atoms with van der Waals surface area (Å²) in [7, 11) is 0. The van der Waals surface area contributed by atoms with Gasteiger partial charge in [-0.1, -0.05) is 44.2 Å². The van der Waals surface area contributed by atoms with E-state index in [-0.39, 0.29) is 17.4 Å². The second-order valence-corrected chi connectivity index (χ2v) is 8.29. The van der Waals surface area contributed by atoms with E-state index in [1.165, 1.54) is 6.92 Å². The summed E-state index contributed by atoms with van der Waals surface area (Å²) in [6.45, 7) is 5.50. The van der Waals surface area contributed by atoms with Gasteiger partial charge in [-0.15, -0.1) is 0 Å². The zero-order valence-electron chi connectivity index (χ0n) is 18.3. The largest absolute Gasteiger partial charge is 0.480 e. The molecular weight excluding hydrogens is 410 g/mol. The lowest BCUT2D eigenvalue weighted by atomic mass is 9.99. The topological polar surface area (TPSA) is 116 Å². The lowest BCUT2D eigenvalue weighted by Gasteiger charge is -2.22. The molecule has 168 valence electrons. The summed E-state index contributed by atoms with van der Waals surface area (Å²) in [5.41, 5.74) is 1.98. The first-order chi connectivity index (χ1) is 15.2. The van der Waals surface area contributed by atoms with E-state index in [1.54, 1.807) is 23.1 Å². The summed E-state index contributed by atoms with van der Waals surface area (Å²) in [5, 5.41) is 14.2. The minimum Gasteiger partial charge on any atom is -0.480 e. The van der Waals surface area contributed by atoms with Gasteiger partial charge in [0.15, 0.2) is 0 Å². The van der Waals surface area contributed by atoms with Gasteiger partial charge in [-0.05, 0) is 43.0 Å². The standard InChI is InChI=1S/C24H27N3O5/c1-14(2)12-19(22(29)25-15(3)24(31)32)26-21(28)18-11-7-8-16-13-27(23(30)20(16)18)17-9-5-4-6-10-17/h4-11,14-15,19H,12-13H2,1-3H3,(H,25,29)(H,26,28)(H,31,32). The molecule has 2 unspecified atom stereocenters. The Morgan fingerprint density at radius 3 is 2.31 bits per heavy atom. The fourth-order valence-electron chi connectivity index (χ4n) is 3.68. The van der Waals surface area contributed by atoms with E-state index in [0.717, 1.165) is 11.3 Å². The molecule has 2 atom stereocenters. The van der Waals surface area contributed by atoms with Crippen molar-refractivity contribution in [2.75, 3.05) is 4.90 Å². The van der Waals surface area contributed by atoms with E-state index in [2.05, 4.69) is 10.6 Å². The monoisotopic (exact) mass is 437 g/mol. The first-order valence-electron chi connectivity index (χ1n) is 10.5. The predicted molar refractivity (Wildman–Crippen MR) is 119 cm³/mol. The number of anilines is 1. The Morgan fingerprint density at radius 2 is 1.69 bits per heavy atom. The summed E-state index contributed by atoms with van der Waals surface area (Å²) in [5.74, 6) is -2.50. The number of carboxylic acid groups (broad SMARTS) is 1. The summed E-state index contributed by atoms with van der Waals surface area (Å²) < 4.78 is 0. The van der Waals surface area contributed by atoms with E-state index < -0.39 is 29.9 Å². The summed E-state index contributed by atoms with van der Waals surface area (Å²) in [6.07, 6.45) is 0.322. The van der Waals surface area contributed by atoms with E-state index >= 15 is 0 Å². The molecule has 3 rings (SSSR count). The van der Waals surface area contributed by atoms with Gasteiger partial charge in [-0.25, -0.2) is 0 Å². The molecule has 1 aliphatic rings. The van der Waals surface area contributed by atoms with Crippen LogP contribution in [0.25, 0.3) is 0 Å². The highest BCUT2D eigenvalue weighted by atomic mass is 16.4. The quantitative estimate of drug-likeness (QED) is 0.587. The average molecular weight is 437 g/mol. The van der Waals surface area contributed by atoms with Crippen LogP contribution in [-0.2, 0) is 16.1 Å². The van der Waals surface area contributed by atoms with Crippen LogP contribution in [0.15, 0.2) is 48.5 Å². The number of aliphatic carboxylic acids is 1. The van der Waals surface area contributed by atoms with Crippen molar-refractivity contribution in [3.63, 3.8) is 0 Å². The lowest BCUT2D eigenvalue weighted by Crippen LogP contribution is -2.51. The molecule has 8 nitrogen and oxygen atoms in total. The van der Waals surface area contributed by atoms with Crippen molar-refractivity contribution in [3.05, 3.63) is 65.2 Å². The molecular formula is C24H27N3O5. The Labute approximate surface area is 186 Å². The first-order valence-corrected chi connectivity index (χ1v) is 10.5. The van der Waals surface area contributed by atoms with Crippen LogP contribution in [0, 0.1) is 5.92 Å². The molecule has 3 N–H and O–H groups in total. The summed E-state index contributed by atoms with van der Waals surface area (Å²) in [6, 6.07) is 12.3. The molecule has 3 amide bonds. The molecule has 0 radical (unpaired) electrons. The molecule has 0 aromatic heterocycles. The predicted octanol–water partition coefficient (Wildman–Crippen LogP) is 2.58. The van der Waals surface area contributed by atoms with E-state index in [9.17, 15) is 19.2 Å². The number of carbonyl (C=O) groups excluding carboxylic acids is 3. The highest BCUT2D eigenvalue weighted by molar-refractivity contribution is 6.16. The van der Waals surface area contributed by atoms with Gasteiger partial charge in [-0.2, -0.15) is 0 Å². The number of rotatable bonds is 8. The smallest absolute Gasteiger partial charge is 0.325 e. The number of nitrogens with one attached hydrogen (secondary N) is 2. The van der Waals surface area contributed by atoms with Gasteiger partial charge < -0.3 is 20.6 Å². The van der Waals surface area contributed by atoms with Crippen LogP contribution in [0.3, 0.4) is 0 Å². The lowest BCUT2D eigenvalue weighted by molar-refractivity contribution is -0.141. The van der Waals surface area contributed by atoms with Gasteiger partial charge in [0.1, 0.15) is 12.1 Å². The molecule has 0 fully saturated rings. The van der Waals surface area contributed by atoms with Crippen molar-refractivity contribution in [3.8, 4) is 0 Å². The Kier molecular flexibility index (Phi) is 6.92. The fraction of sp³-hybridized carbons (Fsp3) is 0.333. The molecule has 8 heteroatoms. The molecule has 2 aromatic rings. The SMILES string of the molecule is CC(C)CC(NC(=O)c1cccc2c1C(=O)N(c1ccccc1)C2)C(=O)NC(C)C(=O)O. The number of fused-ring (bicyclic) bond motifs is 1. The minimum atomic E-state index is -1.17. The van der Waals surface area contributed by atoms with Crippen molar-refractivity contribution < 1.29 is 24.3 Å². The highest BCUT2D eigenvalue weighted by Gasteiger charge is 2.34. The number of hydrogen-bond acceptors (Lipinski definition) is 4. The van der Waals surface area contributed by atoms with Crippen LogP contribution < -0.4 is 15.5 Å². The third kappa shape index (κ3) is 4.96. The molecule has 0 aliphatic carbocycles. The second kappa shape index (κ2) is 9.64. The molecule has 1 heterocycles. The zero-order valence-corrected chi connectivity index (χ0v) is 18.3. The van der Waals surface area contributed by atoms with Gasteiger partial charge in [0.05, 0.1) is 17.7 Å². The van der Waals surface area contributed by atoms with Crippen LogP contribution in [0.5, 0.6) is 0 Å². The molecule has 0 saturated carbocycles. The zero-order chi connectivity index (χ0) is 23.4. The van der Waals surface area contributed by atoms with Gasteiger partial charge >= 0.3 is 5.97 Å². The van der Waals surface area contributed by atoms with Crippen molar-refractivity contribution in [1.82, 2.24) is 10.6 Å². The van der Waals surface area contributed by atoms with E-state index in [4.69, 9.17) is 5.11 Å². The van der Waals surface area contributed by atoms with Gasteiger partial charge in [-0.3, -0.25) is 19.2 Å². The van der Waals surface area contributed by atoms with Crippen LogP contribution >= 0.6 is 0 Å². The maximum absolute atomic E-state index is 13.1. The number of benzene rings is 2. The highest BCUT2D eigenvalue weighted by Crippen LogP contribution is 2.30. The normalized spacial score (nSPS) is 14.6.